The molecule has 0 spiro atoms. The highest BCUT2D eigenvalue weighted by atomic mass is 79.9. The second-order valence-electron chi connectivity index (χ2n) is 3.29. The summed E-state index contributed by atoms with van der Waals surface area (Å²) >= 11 is 14.5. The van der Waals surface area contributed by atoms with Gasteiger partial charge in [0.05, 0.1) is 0 Å². The van der Waals surface area contributed by atoms with Gasteiger partial charge in [-0.3, -0.25) is 0 Å². The lowest BCUT2D eigenvalue weighted by Gasteiger charge is -2.17. The Morgan fingerprint density at radius 1 is 1.38 bits per heavy atom. The predicted molar refractivity (Wildman–Crippen MR) is 69.0 cm³/mol. The third kappa shape index (κ3) is 3.34. The molecule has 90 valence electrons. The van der Waals surface area contributed by atoms with Gasteiger partial charge in [-0.1, -0.05) is 45.2 Å². The maximum Gasteiger partial charge on any atom is 0.163 e. The van der Waals surface area contributed by atoms with Gasteiger partial charge in [0.2, 0.25) is 0 Å². The van der Waals surface area contributed by atoms with Crippen LogP contribution < -0.4 is 0 Å². The summed E-state index contributed by atoms with van der Waals surface area (Å²) in [6.45, 7) is 0. The van der Waals surface area contributed by atoms with Gasteiger partial charge in [0, 0.05) is 21.9 Å². The monoisotopic (exact) mass is 346 g/mol. The number of aliphatic hydroxyl groups is 1. The molecule has 0 unspecified atom stereocenters. The molecular formula is C9H9BrCl2O3S. The first-order valence-corrected chi connectivity index (χ1v) is 7.82. The quantitative estimate of drug-likeness (QED) is 0.855. The molecule has 1 rings (SSSR count). The van der Waals surface area contributed by atoms with E-state index in [1.807, 2.05) is 0 Å². The summed E-state index contributed by atoms with van der Waals surface area (Å²) in [5.41, 5.74) is 0.318. The van der Waals surface area contributed by atoms with Crippen LogP contribution >= 0.6 is 39.1 Å². The third-order valence-corrected chi connectivity index (χ3v) is 6.11. The summed E-state index contributed by atoms with van der Waals surface area (Å²) in [7, 11) is -3.40. The summed E-state index contributed by atoms with van der Waals surface area (Å²) in [5, 5.41) is 10.5. The third-order valence-electron chi connectivity index (χ3n) is 1.94. The topological polar surface area (TPSA) is 54.4 Å². The maximum atomic E-state index is 11.2. The summed E-state index contributed by atoms with van der Waals surface area (Å²) in [6, 6.07) is 4.48. The van der Waals surface area contributed by atoms with Crippen molar-refractivity contribution in [3.05, 3.63) is 33.8 Å². The van der Waals surface area contributed by atoms with Crippen molar-refractivity contribution < 1.29 is 13.5 Å². The zero-order chi connectivity index (χ0) is 12.5. The second-order valence-corrected chi connectivity index (χ2v) is 7.89. The Morgan fingerprint density at radius 3 is 2.38 bits per heavy atom. The predicted octanol–water partition coefficient (Wildman–Crippen LogP) is 2.79. The minimum Gasteiger partial charge on any atom is -0.386 e. The normalized spacial score (nSPS) is 15.8. The van der Waals surface area contributed by atoms with E-state index in [4.69, 9.17) is 23.2 Å². The van der Waals surface area contributed by atoms with E-state index in [0.29, 0.717) is 10.6 Å². The lowest BCUT2D eigenvalue weighted by molar-refractivity contribution is 0.195. The lowest BCUT2D eigenvalue weighted by atomic mass is 10.1. The number of sulfone groups is 1. The fourth-order valence-corrected chi connectivity index (χ4v) is 2.54. The van der Waals surface area contributed by atoms with Crippen molar-refractivity contribution in [2.75, 3.05) is 6.26 Å². The molecule has 0 saturated heterocycles. The van der Waals surface area contributed by atoms with E-state index in [9.17, 15) is 13.5 Å². The lowest BCUT2D eigenvalue weighted by Crippen LogP contribution is -2.21. The number of rotatable bonds is 3. The summed E-state index contributed by atoms with van der Waals surface area (Å²) in [5.74, 6) is 0. The first-order chi connectivity index (χ1) is 7.23. The van der Waals surface area contributed by atoms with Crippen LogP contribution in [-0.2, 0) is 9.84 Å². The Hall–Kier alpha value is 0.190. The van der Waals surface area contributed by atoms with Gasteiger partial charge in [-0.15, -0.1) is 0 Å². The smallest absolute Gasteiger partial charge is 0.163 e. The molecule has 16 heavy (non-hydrogen) atoms. The number of halogens is 3. The zero-order valence-corrected chi connectivity index (χ0v) is 12.1. The van der Waals surface area contributed by atoms with E-state index in [0.717, 1.165) is 6.26 Å². The van der Waals surface area contributed by atoms with Gasteiger partial charge in [-0.05, 0) is 12.1 Å². The maximum absolute atomic E-state index is 11.2. The minimum absolute atomic E-state index is 0.230. The highest BCUT2D eigenvalue weighted by Crippen LogP contribution is 2.32. The number of hydrogen-bond acceptors (Lipinski definition) is 3. The van der Waals surface area contributed by atoms with E-state index in [1.165, 1.54) is 18.2 Å². The van der Waals surface area contributed by atoms with Crippen LogP contribution in [0.1, 0.15) is 11.7 Å². The molecule has 0 aliphatic carbocycles. The molecule has 0 aromatic heterocycles. The summed E-state index contributed by atoms with van der Waals surface area (Å²) in [6.07, 6.45) is -0.209. The van der Waals surface area contributed by atoms with Crippen LogP contribution in [0.25, 0.3) is 0 Å². The van der Waals surface area contributed by atoms with Crippen LogP contribution in [0.3, 0.4) is 0 Å². The van der Waals surface area contributed by atoms with Crippen molar-refractivity contribution in [2.24, 2.45) is 0 Å². The molecule has 1 N–H and O–H groups in total. The minimum atomic E-state index is -3.40. The average Bonchev–Trinajstić information content (AvgIpc) is 2.14. The molecule has 0 fully saturated rings. The molecular weight excluding hydrogens is 339 g/mol. The van der Waals surface area contributed by atoms with Gasteiger partial charge in [0.15, 0.2) is 9.84 Å². The van der Waals surface area contributed by atoms with Gasteiger partial charge in [-0.25, -0.2) is 8.42 Å². The molecule has 0 aliphatic heterocycles. The largest absolute Gasteiger partial charge is 0.386 e. The van der Waals surface area contributed by atoms with Crippen molar-refractivity contribution in [3.8, 4) is 0 Å². The highest BCUT2D eigenvalue weighted by Gasteiger charge is 2.28. The zero-order valence-electron chi connectivity index (χ0n) is 8.19. The second kappa shape index (κ2) is 5.23. The molecule has 1 aromatic rings. The Balaban J connectivity index is 3.10. The number of aliphatic hydroxyl groups excluding tert-OH is 1. The molecule has 0 bridgehead atoms. The van der Waals surface area contributed by atoms with Gasteiger partial charge in [0.1, 0.15) is 10.3 Å². The van der Waals surface area contributed by atoms with E-state index >= 15 is 0 Å². The van der Waals surface area contributed by atoms with Crippen LogP contribution in [-0.4, -0.2) is 23.9 Å². The van der Waals surface area contributed by atoms with Crippen LogP contribution in [0.5, 0.6) is 0 Å². The van der Waals surface area contributed by atoms with Crippen molar-refractivity contribution in [1.82, 2.24) is 0 Å². The Kier molecular flexibility index (Phi) is 4.66. The fourth-order valence-electron chi connectivity index (χ4n) is 1.12. The van der Waals surface area contributed by atoms with Crippen LogP contribution in [0.2, 0.25) is 10.0 Å². The van der Waals surface area contributed by atoms with Gasteiger partial charge in [0.25, 0.3) is 0 Å². The Labute approximate surface area is 112 Å². The standard InChI is InChI=1S/C9H9BrCl2O3S/c1-16(14,15)9(10)8(13)6-3-2-5(11)4-7(6)12/h2-4,8-9,13H,1H3/t8-,9-/m1/s1. The molecule has 3 nitrogen and oxygen atoms in total. The molecule has 1 aromatic carbocycles. The molecule has 7 heteroatoms. The van der Waals surface area contributed by atoms with Crippen LogP contribution in [0, 0.1) is 0 Å². The number of hydrogen-bond donors (Lipinski definition) is 1. The van der Waals surface area contributed by atoms with E-state index in [-0.39, 0.29) is 5.02 Å². The van der Waals surface area contributed by atoms with Crippen molar-refractivity contribution in [3.63, 3.8) is 0 Å². The van der Waals surface area contributed by atoms with Gasteiger partial charge >= 0.3 is 0 Å². The molecule has 0 saturated carbocycles. The van der Waals surface area contributed by atoms with Crippen LogP contribution in [0.4, 0.5) is 0 Å². The van der Waals surface area contributed by atoms with E-state index in [1.54, 1.807) is 0 Å². The molecule has 0 radical (unpaired) electrons. The van der Waals surface area contributed by atoms with Crippen molar-refractivity contribution >= 4 is 49.0 Å². The summed E-state index contributed by atoms with van der Waals surface area (Å²) in [4.78, 5) is 0. The molecule has 2 atom stereocenters. The van der Waals surface area contributed by atoms with E-state index < -0.39 is 20.1 Å². The van der Waals surface area contributed by atoms with Crippen LogP contribution in [0.15, 0.2) is 18.2 Å². The van der Waals surface area contributed by atoms with E-state index in [2.05, 4.69) is 15.9 Å². The number of benzene rings is 1. The van der Waals surface area contributed by atoms with Gasteiger partial charge < -0.3 is 5.11 Å². The highest BCUT2D eigenvalue weighted by molar-refractivity contribution is 9.11. The summed E-state index contributed by atoms with van der Waals surface area (Å²) < 4.78 is 21.4. The van der Waals surface area contributed by atoms with Crippen molar-refractivity contribution in [2.45, 2.75) is 10.3 Å². The SMILES string of the molecule is CS(=O)(=O)[C@@H](Br)[C@H](O)c1ccc(Cl)cc1Cl. The molecule has 0 amide bonds. The molecule has 0 aliphatic rings. The fraction of sp³-hybridized carbons (Fsp3) is 0.333. The molecule has 0 heterocycles. The Morgan fingerprint density at radius 2 is 1.94 bits per heavy atom. The Bertz CT molecular complexity index is 490. The first-order valence-electron chi connectivity index (χ1n) is 4.19. The average molecular weight is 348 g/mol. The number of alkyl halides is 1. The first kappa shape index (κ1) is 14.3. The van der Waals surface area contributed by atoms with Gasteiger partial charge in [-0.2, -0.15) is 0 Å². The van der Waals surface area contributed by atoms with Crippen molar-refractivity contribution in [1.29, 1.82) is 0 Å².